The van der Waals surface area contributed by atoms with Crippen LogP contribution in [0.4, 0.5) is 4.39 Å². The fourth-order valence-corrected chi connectivity index (χ4v) is 3.02. The van der Waals surface area contributed by atoms with Crippen molar-refractivity contribution in [2.45, 2.75) is 37.2 Å². The minimum Gasteiger partial charge on any atom is -0.375 e. The summed E-state index contributed by atoms with van der Waals surface area (Å²) in [5.74, 6) is 0. The summed E-state index contributed by atoms with van der Waals surface area (Å²) in [6, 6.07) is 0.650. The quantitative estimate of drug-likeness (QED) is 0.652. The summed E-state index contributed by atoms with van der Waals surface area (Å²) in [4.78, 5) is 2.35. The number of fused-ring (bicyclic) bond motifs is 2. The maximum absolute atomic E-state index is 13.7. The van der Waals surface area contributed by atoms with E-state index in [4.69, 9.17) is 4.74 Å². The smallest absolute Gasteiger partial charge is 0.128 e. The summed E-state index contributed by atoms with van der Waals surface area (Å²) in [5, 5.41) is 3.10. The molecular formula is C10H17FN2O. The minimum absolute atomic E-state index is 0.148. The molecule has 80 valence electrons. The fraction of sp³-hybridized carbons (Fsp3) is 1.00. The van der Waals surface area contributed by atoms with Crippen LogP contribution in [0.5, 0.6) is 0 Å². The number of nitrogens with one attached hydrogen (secondary N) is 1. The Bertz CT molecular complexity index is 226. The normalized spacial score (nSPS) is 48.6. The molecule has 0 spiro atoms. The van der Waals surface area contributed by atoms with E-state index in [1.807, 2.05) is 0 Å². The third-order valence-electron chi connectivity index (χ3n) is 3.74. The Kier molecular flexibility index (Phi) is 2.22. The molecule has 0 aromatic heterocycles. The lowest BCUT2D eigenvalue weighted by Crippen LogP contribution is -2.54. The van der Waals surface area contributed by atoms with E-state index in [9.17, 15) is 4.39 Å². The van der Waals surface area contributed by atoms with Crippen molar-refractivity contribution in [3.63, 3.8) is 0 Å². The zero-order valence-electron chi connectivity index (χ0n) is 8.29. The third-order valence-corrected chi connectivity index (χ3v) is 3.74. The second-order valence-electron chi connectivity index (χ2n) is 4.62. The van der Waals surface area contributed by atoms with Crippen molar-refractivity contribution in [1.29, 1.82) is 0 Å². The largest absolute Gasteiger partial charge is 0.375 e. The van der Waals surface area contributed by atoms with Gasteiger partial charge in [0.15, 0.2) is 0 Å². The summed E-state index contributed by atoms with van der Waals surface area (Å²) in [7, 11) is 0. The molecule has 0 unspecified atom stereocenters. The molecule has 3 nitrogen and oxygen atoms in total. The summed E-state index contributed by atoms with van der Waals surface area (Å²) in [6.45, 7) is 3.26. The average Bonchev–Trinajstić information content (AvgIpc) is 2.79. The fourth-order valence-electron chi connectivity index (χ4n) is 3.02. The van der Waals surface area contributed by atoms with Crippen LogP contribution in [0.3, 0.4) is 0 Å². The molecule has 0 saturated carbocycles. The predicted octanol–water partition coefficient (Wildman–Crippen LogP) is 0.159. The number of rotatable bonds is 1. The first kappa shape index (κ1) is 9.07. The van der Waals surface area contributed by atoms with Crippen LogP contribution in [0, 0.1) is 0 Å². The van der Waals surface area contributed by atoms with E-state index >= 15 is 0 Å². The molecule has 4 atom stereocenters. The van der Waals surface area contributed by atoms with E-state index in [-0.39, 0.29) is 6.04 Å². The van der Waals surface area contributed by atoms with E-state index in [1.54, 1.807) is 0 Å². The van der Waals surface area contributed by atoms with Gasteiger partial charge >= 0.3 is 0 Å². The van der Waals surface area contributed by atoms with Crippen LogP contribution in [-0.2, 0) is 4.74 Å². The lowest BCUT2D eigenvalue weighted by molar-refractivity contribution is -0.0143. The average molecular weight is 200 g/mol. The molecule has 1 N–H and O–H groups in total. The maximum atomic E-state index is 13.7. The van der Waals surface area contributed by atoms with Gasteiger partial charge in [-0.3, -0.25) is 4.90 Å². The van der Waals surface area contributed by atoms with Crippen LogP contribution in [-0.4, -0.2) is 55.5 Å². The van der Waals surface area contributed by atoms with Crippen molar-refractivity contribution in [3.8, 4) is 0 Å². The lowest BCUT2D eigenvalue weighted by Gasteiger charge is -2.38. The Labute approximate surface area is 83.6 Å². The van der Waals surface area contributed by atoms with E-state index in [2.05, 4.69) is 10.2 Å². The second kappa shape index (κ2) is 3.43. The highest BCUT2D eigenvalue weighted by atomic mass is 19.1. The third kappa shape index (κ3) is 1.36. The number of hydrogen-bond donors (Lipinski definition) is 1. The number of nitrogens with zero attached hydrogens (tertiary/aromatic N) is 1. The molecule has 3 heterocycles. The van der Waals surface area contributed by atoms with Crippen LogP contribution in [0.15, 0.2) is 0 Å². The first-order valence-electron chi connectivity index (χ1n) is 5.57. The van der Waals surface area contributed by atoms with Gasteiger partial charge in [-0.05, 0) is 19.4 Å². The number of alkyl halides is 1. The molecule has 0 amide bonds. The Balaban J connectivity index is 1.69. The van der Waals surface area contributed by atoms with Gasteiger partial charge in [0, 0.05) is 25.2 Å². The monoisotopic (exact) mass is 200 g/mol. The highest BCUT2D eigenvalue weighted by Crippen LogP contribution is 2.32. The molecule has 0 aromatic carbocycles. The zero-order valence-corrected chi connectivity index (χ0v) is 8.29. The number of piperidine rings is 1. The lowest BCUT2D eigenvalue weighted by atomic mass is 10.0. The molecule has 0 aliphatic carbocycles. The Morgan fingerprint density at radius 1 is 1.43 bits per heavy atom. The van der Waals surface area contributed by atoms with E-state index in [1.165, 1.54) is 0 Å². The van der Waals surface area contributed by atoms with Crippen molar-refractivity contribution in [2.75, 3.05) is 26.2 Å². The predicted molar refractivity (Wildman–Crippen MR) is 51.0 cm³/mol. The molecule has 3 rings (SSSR count). The Hall–Kier alpha value is -0.190. The highest BCUT2D eigenvalue weighted by molar-refractivity contribution is 4.98. The molecule has 14 heavy (non-hydrogen) atoms. The van der Waals surface area contributed by atoms with Crippen LogP contribution in [0.25, 0.3) is 0 Å². The molecular weight excluding hydrogens is 183 g/mol. The molecule has 3 aliphatic rings. The van der Waals surface area contributed by atoms with Crippen molar-refractivity contribution >= 4 is 0 Å². The van der Waals surface area contributed by atoms with Crippen LogP contribution in [0.1, 0.15) is 12.8 Å². The zero-order chi connectivity index (χ0) is 9.54. The Morgan fingerprint density at radius 2 is 2.36 bits per heavy atom. The van der Waals surface area contributed by atoms with Crippen molar-refractivity contribution in [2.24, 2.45) is 0 Å². The van der Waals surface area contributed by atoms with Gasteiger partial charge in [-0.1, -0.05) is 0 Å². The number of morpholine rings is 1. The van der Waals surface area contributed by atoms with Gasteiger partial charge in [0.1, 0.15) is 6.17 Å². The SMILES string of the molecule is F[C@@H]1CNCC[C@@H]1N1C[C@@H]2C[C@H]1CO2. The molecule has 3 fully saturated rings. The summed E-state index contributed by atoms with van der Waals surface area (Å²) in [5.41, 5.74) is 0. The number of ether oxygens (including phenoxy) is 1. The van der Waals surface area contributed by atoms with Gasteiger partial charge in [-0.15, -0.1) is 0 Å². The van der Waals surface area contributed by atoms with Crippen LogP contribution in [0.2, 0.25) is 0 Å². The maximum Gasteiger partial charge on any atom is 0.128 e. The van der Waals surface area contributed by atoms with Gasteiger partial charge in [0.05, 0.1) is 12.7 Å². The molecule has 0 radical (unpaired) electrons. The molecule has 4 heteroatoms. The van der Waals surface area contributed by atoms with E-state index in [0.29, 0.717) is 18.7 Å². The van der Waals surface area contributed by atoms with Gasteiger partial charge in [-0.25, -0.2) is 4.39 Å². The molecule has 2 bridgehead atoms. The van der Waals surface area contributed by atoms with Crippen molar-refractivity contribution in [1.82, 2.24) is 10.2 Å². The Morgan fingerprint density at radius 3 is 3.00 bits per heavy atom. The van der Waals surface area contributed by atoms with E-state index in [0.717, 1.165) is 32.5 Å². The van der Waals surface area contributed by atoms with Crippen molar-refractivity contribution in [3.05, 3.63) is 0 Å². The summed E-state index contributed by atoms with van der Waals surface area (Å²) < 4.78 is 19.2. The standard InChI is InChI=1S/C10H17FN2O/c11-9-4-12-2-1-10(9)13-5-8-3-7(13)6-14-8/h7-10,12H,1-6H2/t7-,8-,9+,10-/m0/s1. The number of hydrogen-bond acceptors (Lipinski definition) is 3. The molecule has 3 aliphatic heterocycles. The molecule has 0 aromatic rings. The number of likely N-dealkylation sites (tertiary alicyclic amines) is 1. The van der Waals surface area contributed by atoms with E-state index < -0.39 is 6.17 Å². The summed E-state index contributed by atoms with van der Waals surface area (Å²) in [6.07, 6.45) is 1.77. The highest BCUT2D eigenvalue weighted by Gasteiger charge is 2.44. The van der Waals surface area contributed by atoms with Crippen LogP contribution >= 0.6 is 0 Å². The first-order chi connectivity index (χ1) is 6.84. The van der Waals surface area contributed by atoms with Gasteiger partial charge in [-0.2, -0.15) is 0 Å². The minimum atomic E-state index is -0.692. The molecule has 3 saturated heterocycles. The number of halogens is 1. The second-order valence-corrected chi connectivity index (χ2v) is 4.62. The topological polar surface area (TPSA) is 24.5 Å². The van der Waals surface area contributed by atoms with Gasteiger partial charge in [0.25, 0.3) is 0 Å². The van der Waals surface area contributed by atoms with Gasteiger partial charge < -0.3 is 10.1 Å². The van der Waals surface area contributed by atoms with Gasteiger partial charge in [0.2, 0.25) is 0 Å². The first-order valence-corrected chi connectivity index (χ1v) is 5.57. The summed E-state index contributed by atoms with van der Waals surface area (Å²) >= 11 is 0. The van der Waals surface area contributed by atoms with Crippen molar-refractivity contribution < 1.29 is 9.13 Å². The van der Waals surface area contributed by atoms with Crippen LogP contribution < -0.4 is 5.32 Å².